The smallest absolute Gasteiger partial charge is 0.193 e. The van der Waals surface area contributed by atoms with E-state index in [0.717, 1.165) is 69.5 Å². The number of aryl methyl sites for hydroxylation is 2. The molecule has 1 aromatic heterocycles. The standard InChI is InChI=1S/C22H33N5O/c1-4-23-22(25-12-5-6-14-26-16-13-24-18(26)2)27-15-11-20(17-27)19-7-9-21(28-3)10-8-19/h7-10,13,16,20H,4-6,11-12,14-15,17H2,1-3H3,(H,23,25). The van der Waals surface area contributed by atoms with Crippen molar-refractivity contribution in [3.8, 4) is 5.75 Å². The molecule has 0 amide bonds. The lowest BCUT2D eigenvalue weighted by Crippen LogP contribution is -2.40. The van der Waals surface area contributed by atoms with E-state index in [9.17, 15) is 0 Å². The number of unbranched alkanes of at least 4 members (excludes halogenated alkanes) is 1. The summed E-state index contributed by atoms with van der Waals surface area (Å²) in [6.07, 6.45) is 7.28. The van der Waals surface area contributed by atoms with Gasteiger partial charge in [0.05, 0.1) is 7.11 Å². The lowest BCUT2D eigenvalue weighted by Gasteiger charge is -2.22. The first-order chi connectivity index (χ1) is 13.7. The predicted octanol–water partition coefficient (Wildman–Crippen LogP) is 3.44. The summed E-state index contributed by atoms with van der Waals surface area (Å²) in [6.45, 7) is 9.03. The van der Waals surface area contributed by atoms with E-state index in [1.165, 1.54) is 5.56 Å². The van der Waals surface area contributed by atoms with Crippen LogP contribution in [-0.4, -0.2) is 53.7 Å². The first-order valence-corrected chi connectivity index (χ1v) is 10.4. The van der Waals surface area contributed by atoms with Crippen LogP contribution >= 0.6 is 0 Å². The molecule has 1 aliphatic rings. The number of likely N-dealkylation sites (tertiary alicyclic amines) is 1. The average Bonchev–Trinajstić information content (AvgIpc) is 3.36. The highest BCUT2D eigenvalue weighted by Crippen LogP contribution is 2.28. The summed E-state index contributed by atoms with van der Waals surface area (Å²) in [7, 11) is 1.71. The lowest BCUT2D eigenvalue weighted by atomic mass is 9.98. The molecule has 28 heavy (non-hydrogen) atoms. The third-order valence-corrected chi connectivity index (χ3v) is 5.40. The number of hydrogen-bond donors (Lipinski definition) is 1. The van der Waals surface area contributed by atoms with Crippen LogP contribution < -0.4 is 10.1 Å². The Hall–Kier alpha value is -2.50. The quantitative estimate of drug-likeness (QED) is 0.431. The Morgan fingerprint density at radius 2 is 2.11 bits per heavy atom. The molecule has 2 aromatic rings. The molecule has 2 heterocycles. The molecule has 6 nitrogen and oxygen atoms in total. The van der Waals surface area contributed by atoms with E-state index in [-0.39, 0.29) is 0 Å². The first kappa shape index (κ1) is 20.2. The second-order valence-electron chi connectivity index (χ2n) is 7.32. The highest BCUT2D eigenvalue weighted by molar-refractivity contribution is 5.80. The number of methoxy groups -OCH3 is 1. The van der Waals surface area contributed by atoms with Gasteiger partial charge in [-0.15, -0.1) is 0 Å². The molecule has 6 heteroatoms. The largest absolute Gasteiger partial charge is 0.497 e. The number of aromatic nitrogens is 2. The van der Waals surface area contributed by atoms with Crippen LogP contribution in [0.5, 0.6) is 5.75 Å². The van der Waals surface area contributed by atoms with Gasteiger partial charge in [0.25, 0.3) is 0 Å². The van der Waals surface area contributed by atoms with E-state index in [4.69, 9.17) is 9.73 Å². The van der Waals surface area contributed by atoms with Crippen molar-refractivity contribution in [2.75, 3.05) is 33.3 Å². The fourth-order valence-corrected chi connectivity index (χ4v) is 3.75. The molecule has 1 N–H and O–H groups in total. The molecular formula is C22H33N5O. The summed E-state index contributed by atoms with van der Waals surface area (Å²) in [6, 6.07) is 8.49. The van der Waals surface area contributed by atoms with Gasteiger partial charge in [0.1, 0.15) is 11.6 Å². The zero-order valence-electron chi connectivity index (χ0n) is 17.4. The third kappa shape index (κ3) is 5.27. The minimum atomic E-state index is 0.555. The van der Waals surface area contributed by atoms with E-state index in [1.54, 1.807) is 7.11 Å². The molecule has 1 fully saturated rings. The van der Waals surface area contributed by atoms with Crippen molar-refractivity contribution in [2.45, 2.75) is 45.6 Å². The molecule has 1 saturated heterocycles. The number of benzene rings is 1. The Bertz CT molecular complexity index is 753. The fourth-order valence-electron chi connectivity index (χ4n) is 3.75. The first-order valence-electron chi connectivity index (χ1n) is 10.4. The second kappa shape index (κ2) is 10.2. The molecule has 1 atom stereocenters. The van der Waals surface area contributed by atoms with Crippen LogP contribution in [0, 0.1) is 6.92 Å². The summed E-state index contributed by atoms with van der Waals surface area (Å²) in [5, 5.41) is 3.47. The maximum atomic E-state index is 5.27. The van der Waals surface area contributed by atoms with Gasteiger partial charge < -0.3 is 19.5 Å². The highest BCUT2D eigenvalue weighted by Gasteiger charge is 2.26. The molecule has 0 bridgehead atoms. The van der Waals surface area contributed by atoms with Crippen molar-refractivity contribution < 1.29 is 4.74 Å². The van der Waals surface area contributed by atoms with Gasteiger partial charge in [-0.1, -0.05) is 12.1 Å². The minimum absolute atomic E-state index is 0.555. The summed E-state index contributed by atoms with van der Waals surface area (Å²) >= 11 is 0. The molecule has 152 valence electrons. The number of aliphatic imine (C=N–C) groups is 1. The topological polar surface area (TPSA) is 54.7 Å². The summed E-state index contributed by atoms with van der Waals surface area (Å²) < 4.78 is 7.48. The van der Waals surface area contributed by atoms with Crippen LogP contribution in [0.3, 0.4) is 0 Å². The van der Waals surface area contributed by atoms with Crippen LogP contribution in [0.25, 0.3) is 0 Å². The van der Waals surface area contributed by atoms with Crippen molar-refractivity contribution in [3.63, 3.8) is 0 Å². The van der Waals surface area contributed by atoms with Gasteiger partial charge in [-0.05, 0) is 50.8 Å². The number of nitrogens with zero attached hydrogens (tertiary/aromatic N) is 4. The molecular weight excluding hydrogens is 350 g/mol. The van der Waals surface area contributed by atoms with E-state index >= 15 is 0 Å². The van der Waals surface area contributed by atoms with Crippen LogP contribution in [-0.2, 0) is 6.54 Å². The predicted molar refractivity (Wildman–Crippen MR) is 114 cm³/mol. The normalized spacial score (nSPS) is 17.2. The molecule has 1 aliphatic heterocycles. The van der Waals surface area contributed by atoms with Crippen molar-refractivity contribution in [2.24, 2.45) is 4.99 Å². The fraction of sp³-hybridized carbons (Fsp3) is 0.545. The maximum absolute atomic E-state index is 5.27. The Morgan fingerprint density at radius 1 is 1.29 bits per heavy atom. The van der Waals surface area contributed by atoms with E-state index in [0.29, 0.717) is 5.92 Å². The summed E-state index contributed by atoms with van der Waals surface area (Å²) in [4.78, 5) is 11.6. The Balaban J connectivity index is 1.50. The zero-order chi connectivity index (χ0) is 19.8. The number of hydrogen-bond acceptors (Lipinski definition) is 3. The van der Waals surface area contributed by atoms with Gasteiger partial charge in [0.15, 0.2) is 5.96 Å². The number of rotatable bonds is 8. The van der Waals surface area contributed by atoms with Gasteiger partial charge in [-0.25, -0.2) is 4.98 Å². The number of guanidine groups is 1. The van der Waals surface area contributed by atoms with Crippen LogP contribution in [0.2, 0.25) is 0 Å². The van der Waals surface area contributed by atoms with Gasteiger partial charge in [0.2, 0.25) is 0 Å². The number of imidazole rings is 1. The molecule has 0 aliphatic carbocycles. The van der Waals surface area contributed by atoms with Crippen LogP contribution in [0.4, 0.5) is 0 Å². The van der Waals surface area contributed by atoms with Gasteiger partial charge in [0, 0.05) is 51.0 Å². The van der Waals surface area contributed by atoms with Crippen molar-refractivity contribution in [1.82, 2.24) is 19.8 Å². The van der Waals surface area contributed by atoms with Crippen LogP contribution in [0.1, 0.15) is 43.5 Å². The van der Waals surface area contributed by atoms with Crippen molar-refractivity contribution in [3.05, 3.63) is 48.0 Å². The molecule has 1 aromatic carbocycles. The van der Waals surface area contributed by atoms with Crippen molar-refractivity contribution in [1.29, 1.82) is 0 Å². The summed E-state index contributed by atoms with van der Waals surface area (Å²) in [5.74, 6) is 3.61. The van der Waals surface area contributed by atoms with Crippen molar-refractivity contribution >= 4 is 5.96 Å². The molecule has 0 spiro atoms. The molecule has 0 saturated carbocycles. The third-order valence-electron chi connectivity index (χ3n) is 5.40. The monoisotopic (exact) mass is 383 g/mol. The van der Waals surface area contributed by atoms with Gasteiger partial charge in [-0.2, -0.15) is 0 Å². The van der Waals surface area contributed by atoms with E-state index in [2.05, 4.69) is 51.0 Å². The zero-order valence-corrected chi connectivity index (χ0v) is 17.4. The summed E-state index contributed by atoms with van der Waals surface area (Å²) in [5.41, 5.74) is 1.38. The van der Waals surface area contributed by atoms with Gasteiger partial charge in [-0.3, -0.25) is 4.99 Å². The Morgan fingerprint density at radius 3 is 2.79 bits per heavy atom. The number of ether oxygens (including phenoxy) is 1. The second-order valence-corrected chi connectivity index (χ2v) is 7.32. The minimum Gasteiger partial charge on any atom is -0.497 e. The molecule has 1 unspecified atom stereocenters. The average molecular weight is 384 g/mol. The van der Waals surface area contributed by atoms with E-state index < -0.39 is 0 Å². The lowest BCUT2D eigenvalue weighted by molar-refractivity contribution is 0.414. The van der Waals surface area contributed by atoms with Crippen LogP contribution in [0.15, 0.2) is 41.7 Å². The highest BCUT2D eigenvalue weighted by atomic mass is 16.5. The molecule has 0 radical (unpaired) electrons. The SMILES string of the molecule is CCNC(=NCCCCn1ccnc1C)N1CCC(c2ccc(OC)cc2)C1. The van der Waals surface area contributed by atoms with Gasteiger partial charge >= 0.3 is 0 Å². The Labute approximate surface area is 168 Å². The van der Waals surface area contributed by atoms with E-state index in [1.807, 2.05) is 19.3 Å². The number of nitrogens with one attached hydrogen (secondary N) is 1. The maximum Gasteiger partial charge on any atom is 0.193 e. The Kier molecular flexibility index (Phi) is 7.34. The molecule has 3 rings (SSSR count).